The van der Waals surface area contributed by atoms with Crippen molar-refractivity contribution in [2.45, 2.75) is 25.7 Å². The molecule has 0 bridgehead atoms. The highest BCUT2D eigenvalue weighted by Crippen LogP contribution is 2.26. The summed E-state index contributed by atoms with van der Waals surface area (Å²) in [6.07, 6.45) is 5.29. The molecule has 0 aromatic carbocycles. The highest BCUT2D eigenvalue weighted by Gasteiger charge is 2.27. The van der Waals surface area contributed by atoms with Gasteiger partial charge in [0.25, 0.3) is 0 Å². The number of hydrogen-bond acceptors (Lipinski definition) is 5. The number of rotatable bonds is 4. The number of nitrogens with zero attached hydrogens (tertiary/aromatic N) is 5. The quantitative estimate of drug-likeness (QED) is 0.927. The molecule has 3 rings (SSSR count). The van der Waals surface area contributed by atoms with E-state index < -0.39 is 0 Å². The summed E-state index contributed by atoms with van der Waals surface area (Å²) in [5.74, 6) is 1.57. The van der Waals surface area contributed by atoms with Crippen LogP contribution < -0.4 is 10.1 Å². The van der Waals surface area contributed by atoms with Gasteiger partial charge in [0.15, 0.2) is 0 Å². The van der Waals surface area contributed by atoms with Crippen LogP contribution in [-0.4, -0.2) is 50.4 Å². The maximum absolute atomic E-state index is 12.6. The van der Waals surface area contributed by atoms with Crippen LogP contribution in [0.15, 0.2) is 24.7 Å². The predicted molar refractivity (Wildman–Crippen MR) is 89.0 cm³/mol. The van der Waals surface area contributed by atoms with Gasteiger partial charge in [-0.2, -0.15) is 0 Å². The van der Waals surface area contributed by atoms with Crippen LogP contribution in [0.5, 0.6) is 5.88 Å². The summed E-state index contributed by atoms with van der Waals surface area (Å²) in [5, 5.41) is 11.0. The molecule has 0 aliphatic carbocycles. The highest BCUT2D eigenvalue weighted by molar-refractivity contribution is 5.90. The number of anilines is 1. The van der Waals surface area contributed by atoms with Gasteiger partial charge in [0.2, 0.25) is 5.88 Å². The molecule has 128 valence electrons. The van der Waals surface area contributed by atoms with Crippen molar-refractivity contribution in [1.82, 2.24) is 24.6 Å². The molecule has 1 fully saturated rings. The summed E-state index contributed by atoms with van der Waals surface area (Å²) in [4.78, 5) is 18.6. The van der Waals surface area contributed by atoms with Crippen LogP contribution in [-0.2, 0) is 7.05 Å². The van der Waals surface area contributed by atoms with Crippen LogP contribution in [0.2, 0.25) is 0 Å². The molecular weight excluding hydrogens is 308 g/mol. The monoisotopic (exact) mass is 330 g/mol. The molecule has 2 aromatic heterocycles. The summed E-state index contributed by atoms with van der Waals surface area (Å²) in [5.41, 5.74) is 0.588. The van der Waals surface area contributed by atoms with Gasteiger partial charge in [-0.1, -0.05) is 0 Å². The van der Waals surface area contributed by atoms with Crippen molar-refractivity contribution in [2.75, 3.05) is 25.0 Å². The van der Waals surface area contributed by atoms with Gasteiger partial charge in [0.1, 0.15) is 17.8 Å². The number of urea groups is 1. The van der Waals surface area contributed by atoms with Gasteiger partial charge in [0, 0.05) is 32.3 Å². The van der Waals surface area contributed by atoms with Crippen LogP contribution in [0.25, 0.3) is 0 Å². The van der Waals surface area contributed by atoms with E-state index in [1.165, 1.54) is 0 Å². The lowest BCUT2D eigenvalue weighted by Gasteiger charge is -2.32. The topological polar surface area (TPSA) is 85.2 Å². The second kappa shape index (κ2) is 7.29. The third-order valence-electron chi connectivity index (χ3n) is 4.11. The Kier molecular flexibility index (Phi) is 4.93. The molecule has 1 saturated heterocycles. The molecule has 3 heterocycles. The van der Waals surface area contributed by atoms with Gasteiger partial charge in [-0.05, 0) is 31.9 Å². The van der Waals surface area contributed by atoms with E-state index in [1.807, 2.05) is 23.4 Å². The van der Waals surface area contributed by atoms with Gasteiger partial charge >= 0.3 is 6.03 Å². The number of carbonyl (C=O) groups excluding carboxylic acids is 1. The van der Waals surface area contributed by atoms with Gasteiger partial charge in [-0.25, -0.2) is 9.78 Å². The van der Waals surface area contributed by atoms with Crippen molar-refractivity contribution < 1.29 is 9.53 Å². The number of aromatic nitrogens is 4. The van der Waals surface area contributed by atoms with Crippen molar-refractivity contribution in [3.63, 3.8) is 0 Å². The van der Waals surface area contributed by atoms with Crippen LogP contribution in [0.4, 0.5) is 10.5 Å². The number of piperidine rings is 1. The zero-order valence-corrected chi connectivity index (χ0v) is 14.0. The number of amides is 2. The molecule has 0 unspecified atom stereocenters. The maximum atomic E-state index is 12.6. The molecule has 1 aliphatic heterocycles. The molecule has 2 aromatic rings. The molecular formula is C16H22N6O2. The molecule has 8 nitrogen and oxygen atoms in total. The van der Waals surface area contributed by atoms with E-state index in [1.54, 1.807) is 24.7 Å². The number of nitrogens with one attached hydrogen (secondary N) is 1. The van der Waals surface area contributed by atoms with Crippen molar-refractivity contribution in [2.24, 2.45) is 7.05 Å². The Labute approximate surface area is 140 Å². The summed E-state index contributed by atoms with van der Waals surface area (Å²) in [6, 6.07) is 3.42. The molecule has 0 radical (unpaired) electrons. The average molecular weight is 330 g/mol. The van der Waals surface area contributed by atoms with E-state index in [9.17, 15) is 4.79 Å². The van der Waals surface area contributed by atoms with E-state index in [4.69, 9.17) is 4.74 Å². The van der Waals surface area contributed by atoms with E-state index in [-0.39, 0.29) is 11.9 Å². The van der Waals surface area contributed by atoms with Gasteiger partial charge < -0.3 is 19.5 Å². The zero-order chi connectivity index (χ0) is 16.9. The van der Waals surface area contributed by atoms with E-state index in [0.717, 1.165) is 25.2 Å². The minimum absolute atomic E-state index is 0.143. The second-order valence-corrected chi connectivity index (χ2v) is 5.80. The Morgan fingerprint density at radius 2 is 2.38 bits per heavy atom. The minimum Gasteiger partial charge on any atom is -0.476 e. The lowest BCUT2D eigenvalue weighted by atomic mass is 9.97. The lowest BCUT2D eigenvalue weighted by Crippen LogP contribution is -2.42. The number of carbonyl (C=O) groups is 1. The minimum atomic E-state index is -0.143. The zero-order valence-electron chi connectivity index (χ0n) is 14.0. The van der Waals surface area contributed by atoms with Crippen LogP contribution in [0.1, 0.15) is 31.5 Å². The summed E-state index contributed by atoms with van der Waals surface area (Å²) < 4.78 is 7.37. The highest BCUT2D eigenvalue weighted by atomic mass is 16.5. The van der Waals surface area contributed by atoms with E-state index in [0.29, 0.717) is 24.7 Å². The van der Waals surface area contributed by atoms with Crippen molar-refractivity contribution >= 4 is 11.7 Å². The first kappa shape index (κ1) is 16.2. The van der Waals surface area contributed by atoms with E-state index in [2.05, 4.69) is 20.5 Å². The SMILES string of the molecule is CCOc1ncccc1NC(=O)N1CCC[C@H](c2nncn2C)C1. The van der Waals surface area contributed by atoms with Crippen molar-refractivity contribution in [1.29, 1.82) is 0 Å². The third kappa shape index (κ3) is 3.47. The number of hydrogen-bond donors (Lipinski definition) is 1. The van der Waals surface area contributed by atoms with Crippen LogP contribution in [0.3, 0.4) is 0 Å². The fourth-order valence-electron chi connectivity index (χ4n) is 2.97. The van der Waals surface area contributed by atoms with Gasteiger partial charge in [-0.15, -0.1) is 10.2 Å². The second-order valence-electron chi connectivity index (χ2n) is 5.80. The fraction of sp³-hybridized carbons (Fsp3) is 0.500. The molecule has 1 N–H and O–H groups in total. The number of likely N-dealkylation sites (tertiary alicyclic amines) is 1. The standard InChI is InChI=1S/C16H22N6O2/c1-3-24-15-13(7-4-8-17-15)19-16(23)22-9-5-6-12(10-22)14-20-18-11-21(14)2/h4,7-8,11-12H,3,5-6,9-10H2,1-2H3,(H,19,23)/t12-/m0/s1. The fourth-order valence-corrected chi connectivity index (χ4v) is 2.97. The molecule has 2 amide bonds. The van der Waals surface area contributed by atoms with Crippen molar-refractivity contribution in [3.8, 4) is 5.88 Å². The molecule has 1 atom stereocenters. The van der Waals surface area contributed by atoms with Gasteiger partial charge in [0.05, 0.1) is 6.61 Å². The van der Waals surface area contributed by atoms with Crippen molar-refractivity contribution in [3.05, 3.63) is 30.5 Å². The first-order valence-electron chi connectivity index (χ1n) is 8.16. The Bertz CT molecular complexity index is 701. The molecule has 0 saturated carbocycles. The Morgan fingerprint density at radius 1 is 1.50 bits per heavy atom. The molecule has 0 spiro atoms. The predicted octanol–water partition coefficient (Wildman–Crippen LogP) is 2.02. The lowest BCUT2D eigenvalue weighted by molar-refractivity contribution is 0.190. The Hall–Kier alpha value is -2.64. The van der Waals surface area contributed by atoms with E-state index >= 15 is 0 Å². The van der Waals surface area contributed by atoms with Gasteiger partial charge in [-0.3, -0.25) is 0 Å². The number of aryl methyl sites for hydroxylation is 1. The molecule has 24 heavy (non-hydrogen) atoms. The maximum Gasteiger partial charge on any atom is 0.322 e. The molecule has 1 aliphatic rings. The third-order valence-corrected chi connectivity index (χ3v) is 4.11. The first-order valence-corrected chi connectivity index (χ1v) is 8.16. The molecule has 8 heteroatoms. The summed E-state index contributed by atoms with van der Waals surface area (Å²) in [7, 11) is 1.93. The number of pyridine rings is 1. The Balaban J connectivity index is 1.68. The van der Waals surface area contributed by atoms with Crippen LogP contribution in [0, 0.1) is 0 Å². The first-order chi connectivity index (χ1) is 11.7. The number of ether oxygens (including phenoxy) is 1. The summed E-state index contributed by atoms with van der Waals surface area (Å²) >= 11 is 0. The smallest absolute Gasteiger partial charge is 0.322 e. The van der Waals surface area contributed by atoms with Crippen LogP contribution >= 0.6 is 0 Å². The average Bonchev–Trinajstić information content (AvgIpc) is 3.03. The Morgan fingerprint density at radius 3 is 3.12 bits per heavy atom. The largest absolute Gasteiger partial charge is 0.476 e. The summed E-state index contributed by atoms with van der Waals surface area (Å²) in [6.45, 7) is 3.74. The normalized spacial score (nSPS) is 17.6.